The fraction of sp³-hybridized carbons (Fsp3) is 0.947. The number of rotatable bonds is 17. The van der Waals surface area contributed by atoms with Gasteiger partial charge in [-0.05, 0) is 32.2 Å². The summed E-state index contributed by atoms with van der Waals surface area (Å²) in [6.45, 7) is 10.3. The molecule has 1 aliphatic rings. The molecule has 1 fully saturated rings. The van der Waals surface area contributed by atoms with Gasteiger partial charge in [0.05, 0.1) is 7.11 Å². The average molecular weight is 390 g/mol. The van der Waals surface area contributed by atoms with Gasteiger partial charge in [-0.1, -0.05) is 40.0 Å². The van der Waals surface area contributed by atoms with Crippen LogP contribution in [0.2, 0.25) is 6.04 Å². The van der Waals surface area contributed by atoms with Crippen LogP contribution in [0, 0.1) is 0 Å². The van der Waals surface area contributed by atoms with Gasteiger partial charge >= 0.3 is 14.8 Å². The Labute approximate surface area is 160 Å². The molecule has 0 N–H and O–H groups in total. The largest absolute Gasteiger partial charge is 0.501 e. The summed E-state index contributed by atoms with van der Waals surface area (Å²) >= 11 is 0. The van der Waals surface area contributed by atoms with Crippen LogP contribution in [0.4, 0.5) is 0 Å². The maximum atomic E-state index is 11.5. The molecule has 0 aromatic rings. The van der Waals surface area contributed by atoms with Crippen molar-refractivity contribution in [3.63, 3.8) is 0 Å². The van der Waals surface area contributed by atoms with Crippen molar-refractivity contribution in [1.29, 1.82) is 0 Å². The Morgan fingerprint density at radius 2 is 1.42 bits per heavy atom. The van der Waals surface area contributed by atoms with E-state index >= 15 is 0 Å². The van der Waals surface area contributed by atoms with E-state index in [1.54, 1.807) is 0 Å². The molecule has 6 nitrogen and oxygen atoms in total. The number of methoxy groups -OCH3 is 1. The van der Waals surface area contributed by atoms with E-state index in [0.29, 0.717) is 19.8 Å². The Bertz CT molecular complexity index is 356. The monoisotopic (exact) mass is 389 g/mol. The molecule has 2 unspecified atom stereocenters. The first kappa shape index (κ1) is 23.6. The van der Waals surface area contributed by atoms with Gasteiger partial charge in [-0.15, -0.1) is 0 Å². The molecule has 1 saturated heterocycles. The van der Waals surface area contributed by atoms with Crippen LogP contribution in [0.25, 0.3) is 0 Å². The quantitative estimate of drug-likeness (QED) is 0.164. The highest BCUT2D eigenvalue weighted by Gasteiger charge is 2.44. The summed E-state index contributed by atoms with van der Waals surface area (Å²) in [7, 11) is -1.20. The molecule has 154 valence electrons. The van der Waals surface area contributed by atoms with E-state index in [-0.39, 0.29) is 12.0 Å². The fourth-order valence-corrected chi connectivity index (χ4v) is 5.38. The first-order chi connectivity index (χ1) is 12.6. The normalized spacial score (nSPS) is 19.5. The van der Waals surface area contributed by atoms with Gasteiger partial charge in [0.1, 0.15) is 6.04 Å². The fourth-order valence-electron chi connectivity index (χ4n) is 2.74. The summed E-state index contributed by atoms with van der Waals surface area (Å²) in [5, 5.41) is 0. The van der Waals surface area contributed by atoms with Crippen molar-refractivity contribution in [1.82, 2.24) is 4.90 Å². The first-order valence-corrected chi connectivity index (χ1v) is 12.3. The molecule has 2 atom stereocenters. The van der Waals surface area contributed by atoms with Crippen molar-refractivity contribution >= 4 is 14.8 Å². The molecule has 1 rings (SSSR count). The van der Waals surface area contributed by atoms with Crippen LogP contribution in [0.15, 0.2) is 0 Å². The van der Waals surface area contributed by atoms with E-state index in [0.717, 1.165) is 64.1 Å². The van der Waals surface area contributed by atoms with E-state index in [1.807, 2.05) is 0 Å². The first-order valence-electron chi connectivity index (χ1n) is 10.4. The smallest absolute Gasteiger partial charge is 0.468 e. The Morgan fingerprint density at radius 3 is 1.85 bits per heavy atom. The van der Waals surface area contributed by atoms with Crippen molar-refractivity contribution in [2.75, 3.05) is 40.0 Å². The van der Waals surface area contributed by atoms with E-state index in [4.69, 9.17) is 18.0 Å². The maximum absolute atomic E-state index is 11.5. The third kappa shape index (κ3) is 8.95. The van der Waals surface area contributed by atoms with Crippen LogP contribution in [-0.2, 0) is 22.8 Å². The van der Waals surface area contributed by atoms with Crippen LogP contribution >= 0.6 is 0 Å². The van der Waals surface area contributed by atoms with E-state index < -0.39 is 8.80 Å². The second-order valence-corrected chi connectivity index (χ2v) is 9.66. The predicted octanol–water partition coefficient (Wildman–Crippen LogP) is 3.62. The maximum Gasteiger partial charge on any atom is 0.501 e. The van der Waals surface area contributed by atoms with E-state index in [1.165, 1.54) is 7.11 Å². The zero-order chi connectivity index (χ0) is 19.3. The number of esters is 1. The molecule has 0 bridgehead atoms. The van der Waals surface area contributed by atoms with Gasteiger partial charge in [-0.3, -0.25) is 9.69 Å². The number of nitrogens with zero attached hydrogens (tertiary/aromatic N) is 1. The van der Waals surface area contributed by atoms with Crippen molar-refractivity contribution in [2.45, 2.75) is 77.8 Å². The lowest BCUT2D eigenvalue weighted by Gasteiger charge is -2.30. The summed E-state index contributed by atoms with van der Waals surface area (Å²) in [6.07, 6.45) is 7.30. The van der Waals surface area contributed by atoms with Crippen molar-refractivity contribution in [3.05, 3.63) is 0 Å². The molecular formula is C19H39NO5Si. The van der Waals surface area contributed by atoms with Crippen LogP contribution in [0.3, 0.4) is 0 Å². The molecule has 0 radical (unpaired) electrons. The predicted molar refractivity (Wildman–Crippen MR) is 105 cm³/mol. The number of hydrogen-bond donors (Lipinski definition) is 0. The molecule has 0 aliphatic carbocycles. The Morgan fingerprint density at radius 1 is 0.923 bits per heavy atom. The second kappa shape index (κ2) is 13.7. The Balaban J connectivity index is 2.54. The molecule has 0 aromatic heterocycles. The molecule has 0 spiro atoms. The summed E-state index contributed by atoms with van der Waals surface area (Å²) < 4.78 is 23.5. The second-order valence-electron chi connectivity index (χ2n) is 6.93. The minimum atomic E-state index is -2.65. The zero-order valence-corrected chi connectivity index (χ0v) is 18.3. The summed E-state index contributed by atoms with van der Waals surface area (Å²) in [4.78, 5) is 13.7. The number of unbranched alkanes of at least 4 members (excludes halogenated alkanes) is 3. The highest BCUT2D eigenvalue weighted by molar-refractivity contribution is 6.60. The molecule has 1 heterocycles. The molecule has 0 saturated carbocycles. The van der Waals surface area contributed by atoms with E-state index in [2.05, 4.69) is 25.7 Å². The minimum Gasteiger partial charge on any atom is -0.468 e. The van der Waals surface area contributed by atoms with Crippen molar-refractivity contribution in [3.8, 4) is 0 Å². The minimum absolute atomic E-state index is 0.0564. The Hall–Kier alpha value is -0.473. The lowest BCUT2D eigenvalue weighted by molar-refractivity contribution is -0.140. The topological polar surface area (TPSA) is 57.0 Å². The van der Waals surface area contributed by atoms with Gasteiger partial charge in [0.15, 0.2) is 0 Å². The number of ether oxygens (including phenoxy) is 1. The van der Waals surface area contributed by atoms with Gasteiger partial charge in [0.25, 0.3) is 0 Å². The molecule has 1 aliphatic heterocycles. The van der Waals surface area contributed by atoms with Gasteiger partial charge < -0.3 is 18.0 Å². The van der Waals surface area contributed by atoms with Gasteiger partial charge in [-0.2, -0.15) is 0 Å². The molecule has 26 heavy (non-hydrogen) atoms. The zero-order valence-electron chi connectivity index (χ0n) is 17.3. The molecular weight excluding hydrogens is 350 g/mol. The third-order valence-corrected chi connectivity index (χ3v) is 7.47. The third-order valence-electron chi connectivity index (χ3n) is 4.58. The summed E-state index contributed by atoms with van der Waals surface area (Å²) in [5.74, 6) is -0.133. The SMILES string of the molecule is CCCCO[Si](CCCN1CC1C(=O)OC)(OCCCC)OCCCC. The molecule has 7 heteroatoms. The number of carbonyl (C=O) groups is 1. The van der Waals surface area contributed by atoms with Crippen LogP contribution < -0.4 is 0 Å². The Kier molecular flexibility index (Phi) is 12.4. The summed E-state index contributed by atoms with van der Waals surface area (Å²) in [5.41, 5.74) is 0. The van der Waals surface area contributed by atoms with Crippen molar-refractivity contribution in [2.24, 2.45) is 0 Å². The lowest BCUT2D eigenvalue weighted by Crippen LogP contribution is -2.47. The van der Waals surface area contributed by atoms with Gasteiger partial charge in [0.2, 0.25) is 0 Å². The van der Waals surface area contributed by atoms with E-state index in [9.17, 15) is 4.79 Å². The highest BCUT2D eigenvalue weighted by atomic mass is 28.4. The van der Waals surface area contributed by atoms with Gasteiger partial charge in [-0.25, -0.2) is 0 Å². The average Bonchev–Trinajstić information content (AvgIpc) is 3.41. The lowest BCUT2D eigenvalue weighted by atomic mass is 10.4. The standard InChI is InChI=1S/C19H39NO5Si/c1-5-8-13-23-26(24-14-9-6-2,25-15-10-7-3)16-11-12-20-17-18(20)19(21)22-4/h18H,5-17H2,1-4H3. The molecule has 0 aromatic carbocycles. The summed E-state index contributed by atoms with van der Waals surface area (Å²) in [6, 6.07) is 0.758. The van der Waals surface area contributed by atoms with Gasteiger partial charge in [0, 0.05) is 32.4 Å². The molecule has 0 amide bonds. The van der Waals surface area contributed by atoms with Crippen LogP contribution in [0.5, 0.6) is 0 Å². The van der Waals surface area contributed by atoms with Crippen LogP contribution in [-0.4, -0.2) is 65.7 Å². The van der Waals surface area contributed by atoms with Crippen molar-refractivity contribution < 1.29 is 22.8 Å². The number of hydrogen-bond acceptors (Lipinski definition) is 6. The number of carbonyl (C=O) groups excluding carboxylic acids is 1. The van der Waals surface area contributed by atoms with Crippen LogP contribution in [0.1, 0.15) is 65.7 Å². The highest BCUT2D eigenvalue weighted by Crippen LogP contribution is 2.24.